The minimum absolute atomic E-state index is 0.127. The predicted octanol–water partition coefficient (Wildman–Crippen LogP) is 2.20. The molecule has 0 amide bonds. The summed E-state index contributed by atoms with van der Waals surface area (Å²) in [4.78, 5) is 16.2. The normalized spacial score (nSPS) is 24.9. The quantitative estimate of drug-likeness (QED) is 0.857. The predicted molar refractivity (Wildman–Crippen MR) is 83.8 cm³/mol. The number of para-hydroxylation sites is 1. The molecule has 0 aliphatic heterocycles. The molecule has 5 heteroatoms. The highest BCUT2D eigenvalue weighted by atomic mass is 16.4. The van der Waals surface area contributed by atoms with Crippen LogP contribution in [0.3, 0.4) is 0 Å². The lowest BCUT2D eigenvalue weighted by molar-refractivity contribution is -0.140. The zero-order valence-electron chi connectivity index (χ0n) is 12.6. The van der Waals surface area contributed by atoms with E-state index in [0.717, 1.165) is 12.1 Å². The van der Waals surface area contributed by atoms with Crippen molar-refractivity contribution in [3.05, 3.63) is 48.5 Å². The van der Waals surface area contributed by atoms with Crippen molar-refractivity contribution >= 4 is 5.97 Å². The lowest BCUT2D eigenvalue weighted by Gasteiger charge is -2.12. The van der Waals surface area contributed by atoms with Gasteiger partial charge in [0.2, 0.25) is 0 Å². The minimum Gasteiger partial charge on any atom is -0.481 e. The lowest BCUT2D eigenvalue weighted by Crippen LogP contribution is -2.24. The van der Waals surface area contributed by atoms with Gasteiger partial charge in [0.25, 0.3) is 0 Å². The van der Waals surface area contributed by atoms with Crippen molar-refractivity contribution in [2.75, 3.05) is 6.54 Å². The van der Waals surface area contributed by atoms with Gasteiger partial charge in [-0.15, -0.1) is 0 Å². The Hall–Kier alpha value is -2.14. The van der Waals surface area contributed by atoms with Gasteiger partial charge in [-0.1, -0.05) is 25.1 Å². The number of hydrogen-bond donors (Lipinski definition) is 2. The van der Waals surface area contributed by atoms with Crippen LogP contribution in [0.25, 0.3) is 5.69 Å². The van der Waals surface area contributed by atoms with E-state index in [1.54, 1.807) is 6.33 Å². The maximum Gasteiger partial charge on any atom is 0.316 e. The first-order valence-electron chi connectivity index (χ1n) is 7.61. The maximum atomic E-state index is 11.8. The molecule has 0 bridgehead atoms. The summed E-state index contributed by atoms with van der Waals surface area (Å²) in [6.07, 6.45) is 5.02. The number of aliphatic carboxylic acids is 1. The molecule has 1 aromatic heterocycles. The summed E-state index contributed by atoms with van der Waals surface area (Å²) < 4.78 is 1.88. The topological polar surface area (TPSA) is 81.1 Å². The van der Waals surface area contributed by atoms with Crippen LogP contribution >= 0.6 is 0 Å². The molecule has 1 aliphatic carbocycles. The molecule has 1 fully saturated rings. The van der Waals surface area contributed by atoms with Crippen LogP contribution in [0.15, 0.2) is 42.9 Å². The third-order valence-corrected chi connectivity index (χ3v) is 4.67. The lowest BCUT2D eigenvalue weighted by atomic mass is 9.94. The number of benzene rings is 1. The van der Waals surface area contributed by atoms with Crippen LogP contribution in [0.2, 0.25) is 0 Å². The number of aromatic nitrogens is 2. The Balaban J connectivity index is 1.86. The molecule has 3 atom stereocenters. The van der Waals surface area contributed by atoms with E-state index in [0.29, 0.717) is 24.6 Å². The van der Waals surface area contributed by atoms with Crippen LogP contribution in [-0.2, 0) is 10.2 Å². The zero-order chi connectivity index (χ0) is 15.7. The number of rotatable bonds is 6. The van der Waals surface area contributed by atoms with Gasteiger partial charge in [0.1, 0.15) is 5.41 Å². The third-order valence-electron chi connectivity index (χ3n) is 4.67. The van der Waals surface area contributed by atoms with Gasteiger partial charge in [-0.05, 0) is 43.4 Å². The summed E-state index contributed by atoms with van der Waals surface area (Å²) >= 11 is 0. The first kappa shape index (κ1) is 14.8. The third kappa shape index (κ3) is 2.41. The minimum atomic E-state index is -0.830. The van der Waals surface area contributed by atoms with E-state index < -0.39 is 11.4 Å². The average molecular weight is 299 g/mol. The van der Waals surface area contributed by atoms with Gasteiger partial charge in [0, 0.05) is 11.9 Å². The van der Waals surface area contributed by atoms with Crippen molar-refractivity contribution in [3.8, 4) is 5.69 Å². The zero-order valence-corrected chi connectivity index (χ0v) is 12.6. The van der Waals surface area contributed by atoms with Gasteiger partial charge >= 0.3 is 5.97 Å². The molecule has 1 aromatic carbocycles. The highest BCUT2D eigenvalue weighted by Crippen LogP contribution is 2.56. The maximum absolute atomic E-state index is 11.8. The summed E-state index contributed by atoms with van der Waals surface area (Å²) in [5.41, 5.74) is 6.47. The molecule has 5 nitrogen and oxygen atoms in total. The summed E-state index contributed by atoms with van der Waals surface area (Å²) in [5.74, 6) is -0.315. The Morgan fingerprint density at radius 2 is 2.23 bits per heavy atom. The van der Waals surface area contributed by atoms with Crippen molar-refractivity contribution in [1.82, 2.24) is 9.55 Å². The van der Waals surface area contributed by atoms with E-state index >= 15 is 0 Å². The molecular formula is C17H21N3O2. The first-order chi connectivity index (χ1) is 10.6. The van der Waals surface area contributed by atoms with Crippen LogP contribution < -0.4 is 5.73 Å². The number of carboxylic acids is 1. The molecule has 1 saturated carbocycles. The summed E-state index contributed by atoms with van der Waals surface area (Å²) in [6, 6.07) is 9.79. The summed E-state index contributed by atoms with van der Waals surface area (Å²) in [7, 11) is 0. The fraction of sp³-hybridized carbons (Fsp3) is 0.412. The summed E-state index contributed by atoms with van der Waals surface area (Å²) in [5, 5.41) is 9.71. The van der Waals surface area contributed by atoms with Crippen molar-refractivity contribution in [3.63, 3.8) is 0 Å². The highest BCUT2D eigenvalue weighted by Gasteiger charge is 2.62. The number of hydrogen-bond acceptors (Lipinski definition) is 3. The number of nitrogens with zero attached hydrogens (tertiary/aromatic N) is 2. The van der Waals surface area contributed by atoms with Crippen molar-refractivity contribution in [2.45, 2.75) is 25.2 Å². The van der Waals surface area contributed by atoms with E-state index in [1.165, 1.54) is 0 Å². The molecule has 0 saturated heterocycles. The first-order valence-corrected chi connectivity index (χ1v) is 7.61. The SMILES string of the molecule is C[C@H](CN)C[C@@H]1C[C@]1(C(=O)O)c1cn(-c2ccccc2)cn1. The van der Waals surface area contributed by atoms with Crippen LogP contribution in [0.5, 0.6) is 0 Å². The Bertz CT molecular complexity index is 668. The monoisotopic (exact) mass is 299 g/mol. The molecule has 3 N–H and O–H groups in total. The average Bonchev–Trinajstić information content (AvgIpc) is 3.04. The van der Waals surface area contributed by atoms with E-state index in [9.17, 15) is 9.90 Å². The van der Waals surface area contributed by atoms with Crippen LogP contribution in [0.4, 0.5) is 0 Å². The molecule has 3 rings (SSSR count). The highest BCUT2D eigenvalue weighted by molar-refractivity contribution is 5.85. The smallest absolute Gasteiger partial charge is 0.316 e. The van der Waals surface area contributed by atoms with Crippen LogP contribution in [0, 0.1) is 11.8 Å². The van der Waals surface area contributed by atoms with Crippen molar-refractivity contribution in [2.24, 2.45) is 17.6 Å². The fourth-order valence-electron chi connectivity index (χ4n) is 3.18. The number of carboxylic acid groups (broad SMARTS) is 1. The second kappa shape index (κ2) is 5.57. The van der Waals surface area contributed by atoms with Gasteiger partial charge < -0.3 is 15.4 Å². The van der Waals surface area contributed by atoms with Gasteiger partial charge in [-0.2, -0.15) is 0 Å². The van der Waals surface area contributed by atoms with E-state index in [1.807, 2.05) is 41.1 Å². The Morgan fingerprint density at radius 3 is 2.86 bits per heavy atom. The van der Waals surface area contributed by atoms with Crippen molar-refractivity contribution in [1.29, 1.82) is 0 Å². The molecule has 0 unspecified atom stereocenters. The summed E-state index contributed by atoms with van der Waals surface area (Å²) in [6.45, 7) is 2.65. The van der Waals surface area contributed by atoms with Crippen LogP contribution in [0.1, 0.15) is 25.5 Å². The van der Waals surface area contributed by atoms with Gasteiger partial charge in [-0.25, -0.2) is 4.98 Å². The standard InChI is InChI=1S/C17H21N3O2/c1-12(9-18)7-13-8-17(13,16(21)22)15-10-20(11-19-15)14-5-3-2-4-6-14/h2-6,10-13H,7-9,18H2,1H3,(H,21,22)/t12-,13+,17+/m0/s1. The molecular weight excluding hydrogens is 278 g/mol. The molecule has 0 radical (unpaired) electrons. The molecule has 1 aliphatic rings. The molecule has 116 valence electrons. The molecule has 22 heavy (non-hydrogen) atoms. The van der Waals surface area contributed by atoms with E-state index in [-0.39, 0.29) is 5.92 Å². The fourth-order valence-corrected chi connectivity index (χ4v) is 3.18. The van der Waals surface area contributed by atoms with Gasteiger partial charge in [0.05, 0.1) is 12.0 Å². The van der Waals surface area contributed by atoms with Gasteiger partial charge in [0.15, 0.2) is 0 Å². The van der Waals surface area contributed by atoms with E-state index in [4.69, 9.17) is 5.73 Å². The number of carbonyl (C=O) groups is 1. The Labute approximate surface area is 129 Å². The van der Waals surface area contributed by atoms with Crippen molar-refractivity contribution < 1.29 is 9.90 Å². The molecule has 1 heterocycles. The molecule has 2 aromatic rings. The Kier molecular flexibility index (Phi) is 3.74. The Morgan fingerprint density at radius 1 is 1.50 bits per heavy atom. The second-order valence-corrected chi connectivity index (χ2v) is 6.26. The number of imidazole rings is 1. The molecule has 0 spiro atoms. The van der Waals surface area contributed by atoms with Gasteiger partial charge in [-0.3, -0.25) is 4.79 Å². The van der Waals surface area contributed by atoms with Crippen LogP contribution in [-0.4, -0.2) is 27.2 Å². The second-order valence-electron chi connectivity index (χ2n) is 6.26. The number of nitrogens with two attached hydrogens (primary N) is 1. The largest absolute Gasteiger partial charge is 0.481 e. The van der Waals surface area contributed by atoms with E-state index in [2.05, 4.69) is 11.9 Å².